The number of nitrogens with one attached hydrogen (secondary N) is 1. The second-order valence-electron chi connectivity index (χ2n) is 5.17. The highest BCUT2D eigenvalue weighted by atomic mass is 32.2. The number of carbonyl (C=O) groups excluding carboxylic acids is 1. The number of aryl methyl sites for hydroxylation is 1. The maximum Gasteiger partial charge on any atom is 0.290 e. The second-order valence-corrected chi connectivity index (χ2v) is 7.26. The number of nitrogens with zero attached hydrogens (tertiary/aromatic N) is 2. The van der Waals surface area contributed by atoms with Gasteiger partial charge in [0.15, 0.2) is 0 Å². The number of hydrogen-bond acceptors (Lipinski definition) is 5. The fourth-order valence-electron chi connectivity index (χ4n) is 2.31. The number of thioether (sulfide) groups is 1. The largest absolute Gasteiger partial charge is 0.352 e. The van der Waals surface area contributed by atoms with Crippen molar-refractivity contribution in [2.24, 2.45) is 0 Å². The van der Waals surface area contributed by atoms with Crippen molar-refractivity contribution >= 4 is 39.2 Å². The number of amides is 1. The van der Waals surface area contributed by atoms with Gasteiger partial charge in [-0.25, -0.2) is 9.97 Å². The third-order valence-electron chi connectivity index (χ3n) is 3.41. The number of thiazole rings is 1. The van der Waals surface area contributed by atoms with Crippen molar-refractivity contribution in [1.82, 2.24) is 15.3 Å². The van der Waals surface area contributed by atoms with Gasteiger partial charge in [-0.05, 0) is 42.4 Å². The van der Waals surface area contributed by atoms with E-state index in [1.165, 1.54) is 12.3 Å². The molecule has 0 bridgehead atoms. The van der Waals surface area contributed by atoms with Gasteiger partial charge in [-0.3, -0.25) is 4.79 Å². The molecule has 2 heterocycles. The molecular formula is C17H15F2N3OS2. The van der Waals surface area contributed by atoms with Crippen LogP contribution in [0.1, 0.15) is 21.8 Å². The zero-order valence-corrected chi connectivity index (χ0v) is 14.7. The maximum absolute atomic E-state index is 12.5. The molecule has 0 fully saturated rings. The van der Waals surface area contributed by atoms with Crippen LogP contribution in [0.5, 0.6) is 0 Å². The minimum Gasteiger partial charge on any atom is -0.352 e. The van der Waals surface area contributed by atoms with Gasteiger partial charge in [-0.15, -0.1) is 11.3 Å². The summed E-state index contributed by atoms with van der Waals surface area (Å²) in [6.45, 7) is 0.447. The third kappa shape index (κ3) is 4.73. The van der Waals surface area contributed by atoms with Crippen LogP contribution < -0.4 is 5.32 Å². The van der Waals surface area contributed by atoms with Crippen molar-refractivity contribution in [2.45, 2.75) is 23.6 Å². The Morgan fingerprint density at radius 3 is 2.88 bits per heavy atom. The molecule has 130 valence electrons. The highest BCUT2D eigenvalue weighted by Gasteiger charge is 2.16. The smallest absolute Gasteiger partial charge is 0.290 e. The van der Waals surface area contributed by atoms with Crippen molar-refractivity contribution in [2.75, 3.05) is 6.54 Å². The van der Waals surface area contributed by atoms with Crippen LogP contribution in [0.3, 0.4) is 0 Å². The molecule has 2 aromatic heterocycles. The van der Waals surface area contributed by atoms with E-state index in [0.717, 1.165) is 28.1 Å². The van der Waals surface area contributed by atoms with E-state index in [9.17, 15) is 13.6 Å². The van der Waals surface area contributed by atoms with Gasteiger partial charge in [0.25, 0.3) is 11.7 Å². The second kappa shape index (κ2) is 8.35. The van der Waals surface area contributed by atoms with Crippen molar-refractivity contribution in [1.29, 1.82) is 0 Å². The summed E-state index contributed by atoms with van der Waals surface area (Å²) in [6, 6.07) is 11.0. The number of hydrogen-bond donors (Lipinski definition) is 1. The average Bonchev–Trinajstić information content (AvgIpc) is 3.01. The molecule has 1 aromatic carbocycles. The Kier molecular flexibility index (Phi) is 5.93. The Morgan fingerprint density at radius 1 is 1.24 bits per heavy atom. The molecule has 0 saturated carbocycles. The van der Waals surface area contributed by atoms with E-state index < -0.39 is 5.76 Å². The van der Waals surface area contributed by atoms with Crippen LogP contribution in [0.4, 0.5) is 8.78 Å². The molecule has 4 nitrogen and oxygen atoms in total. The molecule has 0 unspecified atom stereocenters. The average molecular weight is 379 g/mol. The summed E-state index contributed by atoms with van der Waals surface area (Å²) in [5.74, 6) is -3.00. The number of carbonyl (C=O) groups is 1. The van der Waals surface area contributed by atoms with Gasteiger partial charge in [0.05, 0.1) is 20.8 Å². The van der Waals surface area contributed by atoms with Gasteiger partial charge in [0.1, 0.15) is 5.03 Å². The first kappa shape index (κ1) is 17.8. The highest BCUT2D eigenvalue weighted by molar-refractivity contribution is 7.99. The van der Waals surface area contributed by atoms with E-state index in [4.69, 9.17) is 0 Å². The zero-order chi connectivity index (χ0) is 17.6. The molecule has 1 amide bonds. The van der Waals surface area contributed by atoms with Gasteiger partial charge in [0.2, 0.25) is 0 Å². The Bertz CT molecular complexity index is 837. The normalized spacial score (nSPS) is 11.2. The Balaban J connectivity index is 1.53. The van der Waals surface area contributed by atoms with Gasteiger partial charge in [-0.2, -0.15) is 8.78 Å². The predicted molar refractivity (Wildman–Crippen MR) is 96.4 cm³/mol. The van der Waals surface area contributed by atoms with E-state index in [0.29, 0.717) is 6.54 Å². The number of pyridine rings is 1. The molecule has 0 aliphatic heterocycles. The van der Waals surface area contributed by atoms with Crippen molar-refractivity contribution < 1.29 is 13.6 Å². The van der Waals surface area contributed by atoms with Crippen molar-refractivity contribution in [3.8, 4) is 0 Å². The van der Waals surface area contributed by atoms with Crippen molar-refractivity contribution in [3.63, 3.8) is 0 Å². The Labute approximate surface area is 151 Å². The van der Waals surface area contributed by atoms with Crippen LogP contribution in [0, 0.1) is 0 Å². The van der Waals surface area contributed by atoms with Crippen LogP contribution in [0.15, 0.2) is 47.6 Å². The topological polar surface area (TPSA) is 54.9 Å². The summed E-state index contributed by atoms with van der Waals surface area (Å²) < 4.78 is 26.2. The fourth-order valence-corrected chi connectivity index (χ4v) is 3.89. The number of fused-ring (bicyclic) bond motifs is 1. The molecule has 8 heteroatoms. The number of alkyl halides is 2. The van der Waals surface area contributed by atoms with Gasteiger partial charge >= 0.3 is 0 Å². The Morgan fingerprint density at radius 2 is 2.08 bits per heavy atom. The van der Waals surface area contributed by atoms with Gasteiger partial charge in [-0.1, -0.05) is 12.1 Å². The number of halogens is 2. The Hall–Kier alpha value is -2.06. The molecule has 0 aliphatic rings. The lowest BCUT2D eigenvalue weighted by atomic mass is 10.2. The SMILES string of the molecule is O=C(NCCCc1nc2ccccc2s1)c1cccnc1SC(F)F. The molecule has 3 rings (SSSR count). The maximum atomic E-state index is 12.5. The van der Waals surface area contributed by atoms with E-state index >= 15 is 0 Å². The molecule has 0 radical (unpaired) electrons. The summed E-state index contributed by atoms with van der Waals surface area (Å²) in [4.78, 5) is 20.6. The number of aromatic nitrogens is 2. The molecule has 25 heavy (non-hydrogen) atoms. The van der Waals surface area contributed by atoms with Gasteiger partial charge < -0.3 is 5.32 Å². The minimum absolute atomic E-state index is 0.0428. The molecule has 0 saturated heterocycles. The molecule has 0 spiro atoms. The molecule has 0 aliphatic carbocycles. The summed E-state index contributed by atoms with van der Waals surface area (Å²) >= 11 is 1.92. The van der Waals surface area contributed by atoms with Crippen molar-refractivity contribution in [3.05, 3.63) is 53.2 Å². The first-order chi connectivity index (χ1) is 12.1. The zero-order valence-electron chi connectivity index (χ0n) is 13.1. The molecular weight excluding hydrogens is 364 g/mol. The van der Waals surface area contributed by atoms with Crippen LogP contribution in [-0.4, -0.2) is 28.2 Å². The summed E-state index contributed by atoms with van der Waals surface area (Å²) in [7, 11) is 0. The summed E-state index contributed by atoms with van der Waals surface area (Å²) in [5.41, 5.74) is 1.16. The standard InChI is InChI=1S/C17H15F2N3OS2/c18-17(19)25-16-11(5-3-10-21-16)15(23)20-9-4-8-14-22-12-6-1-2-7-13(12)24-14/h1-3,5-7,10,17H,4,8-9H2,(H,20,23). The highest BCUT2D eigenvalue weighted by Crippen LogP contribution is 2.26. The molecule has 3 aromatic rings. The number of para-hydroxylation sites is 1. The lowest BCUT2D eigenvalue weighted by Crippen LogP contribution is -2.25. The summed E-state index contributed by atoms with van der Waals surface area (Å²) in [6.07, 6.45) is 2.88. The van der Waals surface area contributed by atoms with E-state index in [1.807, 2.05) is 24.3 Å². The first-order valence-corrected chi connectivity index (χ1v) is 9.35. The minimum atomic E-state index is -2.61. The number of rotatable bonds is 7. The lowest BCUT2D eigenvalue weighted by Gasteiger charge is -2.08. The number of benzene rings is 1. The van der Waals surface area contributed by atoms with E-state index in [1.54, 1.807) is 17.4 Å². The van der Waals surface area contributed by atoms with Crippen LogP contribution >= 0.6 is 23.1 Å². The van der Waals surface area contributed by atoms with Crippen LogP contribution in [-0.2, 0) is 6.42 Å². The first-order valence-electron chi connectivity index (χ1n) is 7.66. The van der Waals surface area contributed by atoms with E-state index in [2.05, 4.69) is 15.3 Å². The monoisotopic (exact) mass is 379 g/mol. The summed E-state index contributed by atoms with van der Waals surface area (Å²) in [5, 5.41) is 3.82. The quantitative estimate of drug-likeness (QED) is 0.489. The van der Waals surface area contributed by atoms with Crippen LogP contribution in [0.25, 0.3) is 10.2 Å². The van der Waals surface area contributed by atoms with Crippen LogP contribution in [0.2, 0.25) is 0 Å². The molecule has 0 atom stereocenters. The van der Waals surface area contributed by atoms with Gasteiger partial charge in [0, 0.05) is 19.2 Å². The fraction of sp³-hybridized carbons (Fsp3) is 0.235. The van der Waals surface area contributed by atoms with E-state index in [-0.39, 0.29) is 28.3 Å². The third-order valence-corrected chi connectivity index (χ3v) is 5.23. The lowest BCUT2D eigenvalue weighted by molar-refractivity contribution is 0.0949. The molecule has 1 N–H and O–H groups in total. The predicted octanol–water partition coefficient (Wildman–Crippen LogP) is 4.37.